The fourth-order valence-electron chi connectivity index (χ4n) is 2.36. The first-order valence-corrected chi connectivity index (χ1v) is 11.0. The van der Waals surface area contributed by atoms with Crippen molar-refractivity contribution in [2.24, 2.45) is 0 Å². The molecule has 122 valence electrons. The van der Waals surface area contributed by atoms with Gasteiger partial charge < -0.3 is 4.53 Å². The smallest absolute Gasteiger partial charge is 0.305 e. The van der Waals surface area contributed by atoms with E-state index in [-0.39, 0.29) is 10.6 Å². The van der Waals surface area contributed by atoms with Crippen molar-refractivity contribution in [1.82, 2.24) is 0 Å². The molecule has 4 heteroatoms. The Morgan fingerprint density at radius 2 is 1.77 bits per heavy atom. The van der Waals surface area contributed by atoms with Gasteiger partial charge >= 0.3 is 8.32 Å². The van der Waals surface area contributed by atoms with Crippen molar-refractivity contribution in [2.45, 2.75) is 70.7 Å². The quantitative estimate of drug-likeness (QED) is 0.738. The van der Waals surface area contributed by atoms with Crippen LogP contribution in [-0.4, -0.2) is 25.0 Å². The zero-order valence-electron chi connectivity index (χ0n) is 15.0. The average molecular weight is 321 g/mol. The molecule has 1 atom stereocenters. The minimum Gasteiger partial charge on any atom is -0.305 e. The molecule has 0 amide bonds. The number of benzene rings is 1. The van der Waals surface area contributed by atoms with Gasteiger partial charge in [-0.2, -0.15) is 0 Å². The fraction of sp³-hybridized carbons (Fsp3) is 0.611. The van der Waals surface area contributed by atoms with Crippen LogP contribution >= 0.6 is 0 Å². The summed E-state index contributed by atoms with van der Waals surface area (Å²) in [6.07, 6.45) is 3.04. The fourth-order valence-corrected chi connectivity index (χ4v) is 3.18. The molecular formula is C18H30NO2Si+. The largest absolute Gasteiger partial charge is 0.351 e. The van der Waals surface area contributed by atoms with Crippen molar-refractivity contribution in [1.29, 1.82) is 0 Å². The predicted molar refractivity (Wildman–Crippen MR) is 93.6 cm³/mol. The molecule has 0 saturated heterocycles. The second kappa shape index (κ2) is 5.73. The van der Waals surface area contributed by atoms with E-state index in [2.05, 4.69) is 84.3 Å². The van der Waals surface area contributed by atoms with Gasteiger partial charge in [0.2, 0.25) is 0 Å². The molecule has 0 spiro atoms. The molecule has 1 aliphatic heterocycles. The van der Waals surface area contributed by atoms with Gasteiger partial charge in [0, 0.05) is 6.42 Å². The van der Waals surface area contributed by atoms with Crippen LogP contribution in [0.3, 0.4) is 0 Å². The first-order chi connectivity index (χ1) is 10.0. The Labute approximate surface area is 136 Å². The van der Waals surface area contributed by atoms with Gasteiger partial charge in [-0.15, -0.1) is 0 Å². The van der Waals surface area contributed by atoms with Crippen LogP contribution in [0.4, 0.5) is 0 Å². The maximum atomic E-state index is 6.33. The van der Waals surface area contributed by atoms with Crippen molar-refractivity contribution in [2.75, 3.05) is 0 Å². The summed E-state index contributed by atoms with van der Waals surface area (Å²) in [6, 6.07) is 10.6. The van der Waals surface area contributed by atoms with Gasteiger partial charge in [0.25, 0.3) is 6.21 Å². The highest BCUT2D eigenvalue weighted by Gasteiger charge is 2.48. The first kappa shape index (κ1) is 17.1. The minimum absolute atomic E-state index is 0.147. The molecular weight excluding hydrogens is 290 g/mol. The lowest BCUT2D eigenvalue weighted by Crippen LogP contribution is -2.48. The summed E-state index contributed by atoms with van der Waals surface area (Å²) in [5, 5.41) is 0.147. The van der Waals surface area contributed by atoms with Crippen LogP contribution in [0.25, 0.3) is 0 Å². The molecule has 1 aliphatic rings. The lowest BCUT2D eigenvalue weighted by atomic mass is 9.88. The number of hydrogen-bond acceptors (Lipinski definition) is 2. The van der Waals surface area contributed by atoms with Crippen LogP contribution in [0.5, 0.6) is 0 Å². The van der Waals surface area contributed by atoms with E-state index in [1.807, 2.05) is 0 Å². The summed E-state index contributed by atoms with van der Waals surface area (Å²) < 4.78 is 6.33. The summed E-state index contributed by atoms with van der Waals surface area (Å²) in [5.74, 6) is 0.315. The number of hydrogen-bond donors (Lipinski definition) is 0. The van der Waals surface area contributed by atoms with Gasteiger partial charge in [0.1, 0.15) is 0 Å². The van der Waals surface area contributed by atoms with Crippen molar-refractivity contribution >= 4 is 14.5 Å². The molecule has 0 N–H and O–H groups in total. The van der Waals surface area contributed by atoms with Crippen molar-refractivity contribution < 1.29 is 14.3 Å². The Bertz CT molecular complexity index is 544. The lowest BCUT2D eigenvalue weighted by molar-refractivity contribution is -0.959. The van der Waals surface area contributed by atoms with Gasteiger partial charge in [-0.05, 0) is 37.5 Å². The van der Waals surface area contributed by atoms with Crippen LogP contribution in [-0.2, 0) is 9.36 Å². The van der Waals surface area contributed by atoms with Crippen LogP contribution in [0.1, 0.15) is 52.5 Å². The van der Waals surface area contributed by atoms with Gasteiger partial charge in [-0.1, -0.05) is 51.1 Å². The zero-order chi connectivity index (χ0) is 16.6. The van der Waals surface area contributed by atoms with E-state index in [9.17, 15) is 0 Å². The molecule has 0 aliphatic carbocycles. The molecule has 1 heterocycles. The Morgan fingerprint density at radius 1 is 1.18 bits per heavy atom. The molecule has 0 saturated carbocycles. The van der Waals surface area contributed by atoms with Crippen molar-refractivity contribution in [3.05, 3.63) is 35.9 Å². The summed E-state index contributed by atoms with van der Waals surface area (Å²) in [4.78, 5) is 7.70. The van der Waals surface area contributed by atoms with Gasteiger partial charge in [-0.25, -0.2) is 4.84 Å². The molecule has 0 radical (unpaired) electrons. The van der Waals surface area contributed by atoms with E-state index in [0.29, 0.717) is 5.92 Å². The molecule has 0 unspecified atom stereocenters. The van der Waals surface area contributed by atoms with E-state index < -0.39 is 8.32 Å². The van der Waals surface area contributed by atoms with E-state index in [1.165, 1.54) is 5.56 Å². The molecule has 3 nitrogen and oxygen atoms in total. The van der Waals surface area contributed by atoms with Gasteiger partial charge in [0.05, 0.1) is 5.92 Å². The van der Waals surface area contributed by atoms with Gasteiger partial charge in [-0.3, -0.25) is 0 Å². The average Bonchev–Trinajstić information content (AvgIpc) is 2.36. The minimum atomic E-state index is -1.92. The first-order valence-electron chi connectivity index (χ1n) is 8.08. The summed E-state index contributed by atoms with van der Waals surface area (Å²) >= 11 is 0. The van der Waals surface area contributed by atoms with E-state index in [1.54, 1.807) is 4.90 Å². The highest BCUT2D eigenvalue weighted by atomic mass is 28.4. The Kier molecular flexibility index (Phi) is 4.44. The van der Waals surface area contributed by atoms with E-state index in [4.69, 9.17) is 9.36 Å². The maximum Gasteiger partial charge on any atom is 0.351 e. The lowest BCUT2D eigenvalue weighted by Gasteiger charge is -2.34. The second-order valence-electron chi connectivity index (χ2n) is 8.36. The van der Waals surface area contributed by atoms with Crippen LogP contribution < -0.4 is 0 Å². The summed E-state index contributed by atoms with van der Waals surface area (Å²) in [6.45, 7) is 15.4. The third-order valence-corrected chi connectivity index (χ3v) is 8.95. The normalized spacial score (nSPS) is 21.8. The highest BCUT2D eigenvalue weighted by molar-refractivity contribution is 6.73. The Morgan fingerprint density at radius 3 is 2.32 bits per heavy atom. The third kappa shape index (κ3) is 3.91. The van der Waals surface area contributed by atoms with E-state index >= 15 is 0 Å². The maximum absolute atomic E-state index is 6.33. The topological polar surface area (TPSA) is 21.5 Å². The monoisotopic (exact) mass is 320 g/mol. The second-order valence-corrected chi connectivity index (χ2v) is 13.1. The van der Waals surface area contributed by atoms with Crippen molar-refractivity contribution in [3.8, 4) is 0 Å². The molecule has 2 rings (SSSR count). The van der Waals surface area contributed by atoms with Gasteiger partial charge in [0.15, 0.2) is 10.5 Å². The molecule has 22 heavy (non-hydrogen) atoms. The summed E-state index contributed by atoms with van der Waals surface area (Å²) in [5.41, 5.74) is 1.07. The summed E-state index contributed by atoms with van der Waals surface area (Å²) in [7, 11) is -1.92. The van der Waals surface area contributed by atoms with Crippen LogP contribution in [0, 0.1) is 0 Å². The Balaban J connectivity index is 2.28. The molecule has 0 aromatic heterocycles. The predicted octanol–water partition coefficient (Wildman–Crippen LogP) is 4.90. The third-order valence-electron chi connectivity index (χ3n) is 4.70. The molecule has 1 aromatic rings. The SMILES string of the molecule is CC1(C)C[C@H](c2ccccc2)C=[N+](O[Si](C)(C)C(C)(C)C)O1. The Hall–Kier alpha value is -1.29. The molecule has 0 bridgehead atoms. The van der Waals surface area contributed by atoms with Crippen molar-refractivity contribution in [3.63, 3.8) is 0 Å². The molecule has 0 fully saturated rings. The number of rotatable bonds is 3. The van der Waals surface area contributed by atoms with Crippen LogP contribution in [0.15, 0.2) is 30.3 Å². The standard InChI is InChI=1S/C18H30NO2Si/c1-17(2,3)22(6,7)21-19-14-16(13-18(4,5)20-19)15-11-9-8-10-12-15/h8-12,14,16H,13H2,1-7H3/q+1/t16-/m0/s1. The number of nitrogens with zero attached hydrogens (tertiary/aromatic N) is 1. The van der Waals surface area contributed by atoms with Crippen LogP contribution in [0.2, 0.25) is 18.1 Å². The highest BCUT2D eigenvalue weighted by Crippen LogP contribution is 2.38. The zero-order valence-corrected chi connectivity index (χ0v) is 16.0. The molecule has 1 aromatic carbocycles. The van der Waals surface area contributed by atoms with E-state index in [0.717, 1.165) is 6.42 Å².